The fourth-order valence-electron chi connectivity index (χ4n) is 1.78. The Labute approximate surface area is 103 Å². The maximum absolute atomic E-state index is 11.6. The van der Waals surface area contributed by atoms with Gasteiger partial charge in [0.2, 0.25) is 5.91 Å². The van der Waals surface area contributed by atoms with Gasteiger partial charge in [0.05, 0.1) is 0 Å². The molecule has 3 nitrogen and oxygen atoms in total. The predicted molar refractivity (Wildman–Crippen MR) is 70.7 cm³/mol. The van der Waals surface area contributed by atoms with Crippen molar-refractivity contribution < 1.29 is 4.79 Å². The molecule has 1 unspecified atom stereocenters. The third-order valence-electron chi connectivity index (χ3n) is 3.16. The molecule has 0 aliphatic carbocycles. The second kappa shape index (κ2) is 5.82. The molecule has 0 aromatic heterocycles. The molecule has 0 radical (unpaired) electrons. The minimum absolute atomic E-state index is 0.338. The van der Waals surface area contributed by atoms with Crippen LogP contribution in [0.4, 0.5) is 0 Å². The van der Waals surface area contributed by atoms with Crippen LogP contribution in [0, 0.1) is 0 Å². The number of amides is 1. The van der Waals surface area contributed by atoms with E-state index in [1.165, 1.54) is 5.56 Å². The molecule has 0 saturated heterocycles. The van der Waals surface area contributed by atoms with E-state index in [-0.39, 0.29) is 5.91 Å². The second-order valence-corrected chi connectivity index (χ2v) is 4.47. The highest BCUT2D eigenvalue weighted by atomic mass is 16.1. The SMILES string of the molecule is CCCNC(C)(C(N)=O)c1ccc(CC)cc1. The first-order valence-corrected chi connectivity index (χ1v) is 6.19. The van der Waals surface area contributed by atoms with E-state index in [1.54, 1.807) is 0 Å². The lowest BCUT2D eigenvalue weighted by Gasteiger charge is -2.28. The predicted octanol–water partition coefficient (Wildman–Crippen LogP) is 1.95. The molecule has 1 amide bonds. The van der Waals surface area contributed by atoms with Crippen molar-refractivity contribution in [3.05, 3.63) is 35.4 Å². The number of rotatable bonds is 6. The summed E-state index contributed by atoms with van der Waals surface area (Å²) in [4.78, 5) is 11.6. The number of benzene rings is 1. The minimum Gasteiger partial charge on any atom is -0.368 e. The number of primary amides is 1. The van der Waals surface area contributed by atoms with Gasteiger partial charge in [-0.15, -0.1) is 0 Å². The molecular formula is C14H22N2O. The smallest absolute Gasteiger partial charge is 0.242 e. The molecule has 3 N–H and O–H groups in total. The lowest BCUT2D eigenvalue weighted by atomic mass is 9.90. The number of hydrogen-bond acceptors (Lipinski definition) is 2. The Kier molecular flexibility index (Phi) is 4.70. The van der Waals surface area contributed by atoms with E-state index in [1.807, 2.05) is 31.2 Å². The molecule has 1 aromatic carbocycles. The Balaban J connectivity index is 3.00. The van der Waals surface area contributed by atoms with Gasteiger partial charge < -0.3 is 5.73 Å². The van der Waals surface area contributed by atoms with Crippen molar-refractivity contribution in [2.24, 2.45) is 5.73 Å². The normalized spacial score (nSPS) is 14.3. The van der Waals surface area contributed by atoms with Gasteiger partial charge in [0.25, 0.3) is 0 Å². The van der Waals surface area contributed by atoms with Gasteiger partial charge in [-0.2, -0.15) is 0 Å². The summed E-state index contributed by atoms with van der Waals surface area (Å²) in [6.45, 7) is 6.78. The van der Waals surface area contributed by atoms with Crippen LogP contribution in [0.3, 0.4) is 0 Å². The molecule has 1 aromatic rings. The van der Waals surface area contributed by atoms with Crippen molar-refractivity contribution in [1.82, 2.24) is 5.32 Å². The van der Waals surface area contributed by atoms with Crippen molar-refractivity contribution in [3.63, 3.8) is 0 Å². The molecule has 0 heterocycles. The van der Waals surface area contributed by atoms with Gasteiger partial charge in [-0.3, -0.25) is 10.1 Å². The molecule has 94 valence electrons. The molecule has 0 saturated carbocycles. The van der Waals surface area contributed by atoms with Crippen molar-refractivity contribution >= 4 is 5.91 Å². The lowest BCUT2D eigenvalue weighted by Crippen LogP contribution is -2.50. The molecule has 1 rings (SSSR count). The van der Waals surface area contributed by atoms with Crippen LogP contribution in [0.2, 0.25) is 0 Å². The van der Waals surface area contributed by atoms with Crippen LogP contribution in [0.1, 0.15) is 38.3 Å². The van der Waals surface area contributed by atoms with Gasteiger partial charge in [0.1, 0.15) is 5.54 Å². The zero-order valence-electron chi connectivity index (χ0n) is 10.9. The molecule has 3 heteroatoms. The Morgan fingerprint density at radius 3 is 2.29 bits per heavy atom. The second-order valence-electron chi connectivity index (χ2n) is 4.47. The van der Waals surface area contributed by atoms with Crippen LogP contribution in [0.15, 0.2) is 24.3 Å². The van der Waals surface area contributed by atoms with Gasteiger partial charge in [0.15, 0.2) is 0 Å². The van der Waals surface area contributed by atoms with Crippen LogP contribution in [0.25, 0.3) is 0 Å². The van der Waals surface area contributed by atoms with E-state index in [0.29, 0.717) is 0 Å². The quantitative estimate of drug-likeness (QED) is 0.790. The first-order valence-electron chi connectivity index (χ1n) is 6.19. The van der Waals surface area contributed by atoms with Crippen molar-refractivity contribution in [1.29, 1.82) is 0 Å². The zero-order valence-corrected chi connectivity index (χ0v) is 10.9. The summed E-state index contributed by atoms with van der Waals surface area (Å²) in [5.74, 6) is -0.338. The molecule has 0 fully saturated rings. The van der Waals surface area contributed by atoms with Gasteiger partial charge in [-0.05, 0) is 37.4 Å². The van der Waals surface area contributed by atoms with Crippen molar-refractivity contribution in [3.8, 4) is 0 Å². The van der Waals surface area contributed by atoms with Crippen LogP contribution in [-0.4, -0.2) is 12.5 Å². The van der Waals surface area contributed by atoms with Gasteiger partial charge in [-0.1, -0.05) is 38.1 Å². The van der Waals surface area contributed by atoms with E-state index in [2.05, 4.69) is 19.2 Å². The molecule has 17 heavy (non-hydrogen) atoms. The van der Waals surface area contributed by atoms with E-state index in [9.17, 15) is 4.79 Å². The van der Waals surface area contributed by atoms with Crippen molar-refractivity contribution in [2.75, 3.05) is 6.54 Å². The minimum atomic E-state index is -0.776. The highest BCUT2D eigenvalue weighted by Gasteiger charge is 2.32. The standard InChI is InChI=1S/C14H22N2O/c1-4-10-16-14(3,13(15)17)12-8-6-11(5-2)7-9-12/h6-9,16H,4-5,10H2,1-3H3,(H2,15,17). The fourth-order valence-corrected chi connectivity index (χ4v) is 1.78. The van der Waals surface area contributed by atoms with Crippen LogP contribution < -0.4 is 11.1 Å². The maximum Gasteiger partial charge on any atom is 0.242 e. The molecule has 0 aliphatic rings. The number of nitrogens with two attached hydrogens (primary N) is 1. The average Bonchev–Trinajstić information content (AvgIpc) is 2.35. The summed E-state index contributed by atoms with van der Waals surface area (Å²) >= 11 is 0. The van der Waals surface area contributed by atoms with E-state index < -0.39 is 5.54 Å². The van der Waals surface area contributed by atoms with Crippen molar-refractivity contribution in [2.45, 2.75) is 39.2 Å². The highest BCUT2D eigenvalue weighted by Crippen LogP contribution is 2.21. The fraction of sp³-hybridized carbons (Fsp3) is 0.500. The van der Waals surface area contributed by atoms with Crippen LogP contribution in [0.5, 0.6) is 0 Å². The van der Waals surface area contributed by atoms with Gasteiger partial charge in [-0.25, -0.2) is 0 Å². The van der Waals surface area contributed by atoms with Crippen LogP contribution >= 0.6 is 0 Å². The molecule has 0 aliphatic heterocycles. The number of carbonyl (C=O) groups excluding carboxylic acids is 1. The number of aryl methyl sites for hydroxylation is 1. The molecule has 0 spiro atoms. The summed E-state index contributed by atoms with van der Waals surface area (Å²) in [6, 6.07) is 8.05. The maximum atomic E-state index is 11.6. The number of nitrogens with one attached hydrogen (secondary N) is 1. The average molecular weight is 234 g/mol. The first kappa shape index (κ1) is 13.7. The summed E-state index contributed by atoms with van der Waals surface area (Å²) in [7, 11) is 0. The summed E-state index contributed by atoms with van der Waals surface area (Å²) in [5.41, 5.74) is 6.92. The third-order valence-corrected chi connectivity index (χ3v) is 3.16. The Bertz CT molecular complexity index is 372. The summed E-state index contributed by atoms with van der Waals surface area (Å²) in [5, 5.41) is 3.22. The van der Waals surface area contributed by atoms with Gasteiger partial charge in [0, 0.05) is 0 Å². The van der Waals surface area contributed by atoms with E-state index in [0.717, 1.165) is 24.9 Å². The Hall–Kier alpha value is -1.35. The third kappa shape index (κ3) is 3.07. The Morgan fingerprint density at radius 1 is 1.29 bits per heavy atom. The van der Waals surface area contributed by atoms with Gasteiger partial charge >= 0.3 is 0 Å². The monoisotopic (exact) mass is 234 g/mol. The lowest BCUT2D eigenvalue weighted by molar-refractivity contribution is -0.124. The first-order chi connectivity index (χ1) is 8.04. The van der Waals surface area contributed by atoms with Crippen LogP contribution in [-0.2, 0) is 16.8 Å². The van der Waals surface area contributed by atoms with E-state index >= 15 is 0 Å². The largest absolute Gasteiger partial charge is 0.368 e. The molecule has 1 atom stereocenters. The Morgan fingerprint density at radius 2 is 1.88 bits per heavy atom. The highest BCUT2D eigenvalue weighted by molar-refractivity contribution is 5.85. The molecule has 0 bridgehead atoms. The topological polar surface area (TPSA) is 55.1 Å². The number of carbonyl (C=O) groups is 1. The summed E-state index contributed by atoms with van der Waals surface area (Å²) in [6.07, 6.45) is 1.96. The zero-order chi connectivity index (χ0) is 12.9. The number of hydrogen-bond donors (Lipinski definition) is 2. The summed E-state index contributed by atoms with van der Waals surface area (Å²) < 4.78 is 0. The molecular weight excluding hydrogens is 212 g/mol. The van der Waals surface area contributed by atoms with E-state index in [4.69, 9.17) is 5.73 Å².